The van der Waals surface area contributed by atoms with Crippen LogP contribution in [0.3, 0.4) is 0 Å². The molecule has 0 saturated heterocycles. The van der Waals surface area contributed by atoms with Crippen molar-refractivity contribution in [1.82, 2.24) is 10.4 Å². The molecule has 0 spiro atoms. The van der Waals surface area contributed by atoms with Gasteiger partial charge in [-0.25, -0.2) is 10.4 Å². The van der Waals surface area contributed by atoms with E-state index in [-0.39, 0.29) is 23.3 Å². The number of rotatable bonds is 4. The van der Waals surface area contributed by atoms with Gasteiger partial charge >= 0.3 is 0 Å². The molecule has 2 saturated carbocycles. The number of hydrazone groups is 1. The Hall–Kier alpha value is -1.91. The molecule has 5 heteroatoms. The van der Waals surface area contributed by atoms with Crippen LogP contribution in [0.15, 0.2) is 29.5 Å². The van der Waals surface area contributed by atoms with Crippen molar-refractivity contribution in [3.63, 3.8) is 0 Å². The summed E-state index contributed by atoms with van der Waals surface area (Å²) >= 11 is 0. The Morgan fingerprint density at radius 2 is 2.27 bits per heavy atom. The van der Waals surface area contributed by atoms with Crippen LogP contribution in [0.1, 0.15) is 40.0 Å². The zero-order valence-corrected chi connectivity index (χ0v) is 13.4. The van der Waals surface area contributed by atoms with Gasteiger partial charge in [-0.15, -0.1) is 0 Å². The first-order valence-electron chi connectivity index (χ1n) is 7.83. The van der Waals surface area contributed by atoms with Gasteiger partial charge in [0.1, 0.15) is 0 Å². The molecule has 1 aromatic rings. The van der Waals surface area contributed by atoms with Crippen LogP contribution in [0.5, 0.6) is 5.88 Å². The normalized spacial score (nSPS) is 30.5. The van der Waals surface area contributed by atoms with Gasteiger partial charge in [-0.2, -0.15) is 5.10 Å². The Morgan fingerprint density at radius 3 is 2.86 bits per heavy atom. The lowest BCUT2D eigenvalue weighted by Crippen LogP contribution is -2.35. The van der Waals surface area contributed by atoms with Crippen molar-refractivity contribution in [2.45, 2.75) is 40.0 Å². The van der Waals surface area contributed by atoms with Crippen LogP contribution < -0.4 is 10.2 Å². The Morgan fingerprint density at radius 1 is 1.45 bits per heavy atom. The molecule has 2 bridgehead atoms. The minimum Gasteiger partial charge on any atom is -0.467 e. The van der Waals surface area contributed by atoms with Crippen LogP contribution in [-0.4, -0.2) is 23.2 Å². The second-order valence-corrected chi connectivity index (χ2v) is 7.04. The molecule has 2 atom stereocenters. The summed E-state index contributed by atoms with van der Waals surface area (Å²) in [5.74, 6) is 0.874. The number of carbonyl (C=O) groups is 1. The third-order valence-electron chi connectivity index (χ3n) is 5.82. The summed E-state index contributed by atoms with van der Waals surface area (Å²) in [5.41, 5.74) is 4.13. The summed E-state index contributed by atoms with van der Waals surface area (Å²) in [6.07, 6.45) is 5.04. The van der Waals surface area contributed by atoms with E-state index in [2.05, 4.69) is 36.3 Å². The van der Waals surface area contributed by atoms with Crippen molar-refractivity contribution in [1.29, 1.82) is 0 Å². The average Bonchev–Trinajstić information content (AvgIpc) is 2.85. The van der Waals surface area contributed by atoms with Gasteiger partial charge < -0.3 is 4.74 Å². The van der Waals surface area contributed by atoms with E-state index >= 15 is 0 Å². The lowest BCUT2D eigenvalue weighted by atomic mass is 9.70. The van der Waals surface area contributed by atoms with Crippen LogP contribution in [0, 0.1) is 16.7 Å². The van der Waals surface area contributed by atoms with Gasteiger partial charge in [0.15, 0.2) is 6.61 Å². The molecule has 3 rings (SSSR count). The maximum atomic E-state index is 11.9. The highest BCUT2D eigenvalue weighted by molar-refractivity contribution is 5.95. The standard InChI is InChI=1S/C17H23N3O2/c1-16(2)12-7-8-17(16,3)13(10-12)19-20-14(21)11-22-15-6-4-5-9-18-15/h4-6,9,12H,7-8,10-11H2,1-3H3,(H,20,21)/b19-13+. The average molecular weight is 301 g/mol. The van der Waals surface area contributed by atoms with Gasteiger partial charge in [0.2, 0.25) is 5.88 Å². The van der Waals surface area contributed by atoms with Gasteiger partial charge in [-0.1, -0.05) is 26.8 Å². The van der Waals surface area contributed by atoms with Gasteiger partial charge in [-0.3, -0.25) is 4.79 Å². The van der Waals surface area contributed by atoms with E-state index in [9.17, 15) is 4.79 Å². The number of fused-ring (bicyclic) bond motifs is 2. The highest BCUT2D eigenvalue weighted by Crippen LogP contribution is 2.63. The lowest BCUT2D eigenvalue weighted by Gasteiger charge is -2.34. The van der Waals surface area contributed by atoms with E-state index in [0.29, 0.717) is 11.8 Å². The zero-order chi connectivity index (χ0) is 15.8. The number of nitrogens with one attached hydrogen (secondary N) is 1. The lowest BCUT2D eigenvalue weighted by molar-refractivity contribution is -0.123. The monoisotopic (exact) mass is 301 g/mol. The fourth-order valence-corrected chi connectivity index (χ4v) is 3.83. The second-order valence-electron chi connectivity index (χ2n) is 7.04. The molecule has 1 N–H and O–H groups in total. The highest BCUT2D eigenvalue weighted by atomic mass is 16.5. The summed E-state index contributed by atoms with van der Waals surface area (Å²) in [7, 11) is 0. The Kier molecular flexibility index (Phi) is 3.67. The number of ether oxygens (including phenoxy) is 1. The Labute approximate surface area is 131 Å². The number of hydrogen-bond donors (Lipinski definition) is 1. The zero-order valence-electron chi connectivity index (χ0n) is 13.4. The van der Waals surface area contributed by atoms with Crippen LogP contribution >= 0.6 is 0 Å². The van der Waals surface area contributed by atoms with Gasteiger partial charge in [-0.05, 0) is 36.7 Å². The summed E-state index contributed by atoms with van der Waals surface area (Å²) < 4.78 is 5.32. The number of carbonyl (C=O) groups excluding carboxylic acids is 1. The predicted molar refractivity (Wildman–Crippen MR) is 84.5 cm³/mol. The van der Waals surface area contributed by atoms with Crippen molar-refractivity contribution in [2.24, 2.45) is 21.8 Å². The molecule has 2 unspecified atom stereocenters. The van der Waals surface area contributed by atoms with Crippen LogP contribution in [-0.2, 0) is 4.79 Å². The van der Waals surface area contributed by atoms with Crippen molar-refractivity contribution in [2.75, 3.05) is 6.61 Å². The van der Waals surface area contributed by atoms with Crippen molar-refractivity contribution in [3.8, 4) is 5.88 Å². The van der Waals surface area contributed by atoms with E-state index in [4.69, 9.17) is 4.74 Å². The van der Waals surface area contributed by atoms with Gasteiger partial charge in [0.25, 0.3) is 5.91 Å². The molecule has 118 valence electrons. The molecule has 1 heterocycles. The van der Waals surface area contributed by atoms with Crippen molar-refractivity contribution < 1.29 is 9.53 Å². The Balaban J connectivity index is 1.57. The van der Waals surface area contributed by atoms with Gasteiger partial charge in [0.05, 0.1) is 0 Å². The highest BCUT2D eigenvalue weighted by Gasteiger charge is 2.59. The van der Waals surface area contributed by atoms with E-state index in [1.807, 2.05) is 6.07 Å². The summed E-state index contributed by atoms with van der Waals surface area (Å²) in [6.45, 7) is 6.84. The Bertz CT molecular complexity index is 597. The fourth-order valence-electron chi connectivity index (χ4n) is 3.83. The molecular weight excluding hydrogens is 278 g/mol. The third-order valence-corrected chi connectivity index (χ3v) is 5.82. The van der Waals surface area contributed by atoms with Crippen molar-refractivity contribution >= 4 is 11.6 Å². The van der Waals surface area contributed by atoms with Crippen LogP contribution in [0.4, 0.5) is 0 Å². The molecule has 2 fully saturated rings. The largest absolute Gasteiger partial charge is 0.467 e. The van der Waals surface area contributed by atoms with Crippen molar-refractivity contribution in [3.05, 3.63) is 24.4 Å². The quantitative estimate of drug-likeness (QED) is 0.870. The molecule has 2 aliphatic rings. The molecule has 0 aliphatic heterocycles. The molecule has 0 radical (unpaired) electrons. The maximum absolute atomic E-state index is 11.9. The summed E-state index contributed by atoms with van der Waals surface area (Å²) in [6, 6.07) is 5.34. The topological polar surface area (TPSA) is 63.6 Å². The van der Waals surface area contributed by atoms with E-state index in [0.717, 1.165) is 18.6 Å². The second kappa shape index (κ2) is 5.38. The van der Waals surface area contributed by atoms with Crippen LogP contribution in [0.25, 0.3) is 0 Å². The van der Waals surface area contributed by atoms with Gasteiger partial charge in [0, 0.05) is 23.4 Å². The van der Waals surface area contributed by atoms with E-state index < -0.39 is 0 Å². The number of aromatic nitrogens is 1. The fraction of sp³-hybridized carbons (Fsp3) is 0.588. The minimum atomic E-state index is -0.248. The molecule has 1 amide bonds. The first-order valence-corrected chi connectivity index (χ1v) is 7.83. The SMILES string of the molecule is CC12CCC(C/C1=N\NC(=O)COc1ccccn1)C2(C)C. The number of nitrogens with zero attached hydrogens (tertiary/aromatic N) is 2. The number of amides is 1. The third kappa shape index (κ3) is 2.38. The van der Waals surface area contributed by atoms with E-state index in [1.165, 1.54) is 6.42 Å². The number of hydrogen-bond acceptors (Lipinski definition) is 4. The molecule has 1 aromatic heterocycles. The smallest absolute Gasteiger partial charge is 0.278 e. The van der Waals surface area contributed by atoms with E-state index in [1.54, 1.807) is 18.3 Å². The minimum absolute atomic E-state index is 0.0721. The summed E-state index contributed by atoms with van der Waals surface area (Å²) in [5, 5.41) is 4.40. The molecular formula is C17H23N3O2. The molecule has 2 aliphatic carbocycles. The molecule has 22 heavy (non-hydrogen) atoms. The maximum Gasteiger partial charge on any atom is 0.278 e. The predicted octanol–water partition coefficient (Wildman–Crippen LogP) is 2.78. The van der Waals surface area contributed by atoms with Crippen LogP contribution in [0.2, 0.25) is 0 Å². The molecule has 0 aromatic carbocycles. The number of pyridine rings is 1. The first kappa shape index (κ1) is 15.0. The summed E-state index contributed by atoms with van der Waals surface area (Å²) in [4.78, 5) is 15.9. The first-order chi connectivity index (χ1) is 10.4. The molecule has 5 nitrogen and oxygen atoms in total.